The molecule has 0 aromatic carbocycles. The Morgan fingerprint density at radius 2 is 1.90 bits per heavy atom. The Balaban J connectivity index is 2.27. The first kappa shape index (κ1) is 24.9. The molecule has 13 heteroatoms. The van der Waals surface area contributed by atoms with E-state index in [1.165, 1.54) is 7.05 Å². The average molecular weight is 469 g/mol. The van der Waals surface area contributed by atoms with Gasteiger partial charge in [0.1, 0.15) is 5.60 Å². The van der Waals surface area contributed by atoms with E-state index < -0.39 is 60.9 Å². The SMILES string of the molecule is Cn1nc(Cl)c(CO)c(CC(=O)NC2(C(F)(F)F)CCN(C(=O)OC(C)(C)C)C2)c1=O. The minimum absolute atomic E-state index is 0.136. The van der Waals surface area contributed by atoms with Gasteiger partial charge < -0.3 is 20.1 Å². The van der Waals surface area contributed by atoms with Crippen LogP contribution in [0, 0.1) is 0 Å². The van der Waals surface area contributed by atoms with Crippen molar-refractivity contribution in [3.05, 3.63) is 26.6 Å². The van der Waals surface area contributed by atoms with Crippen LogP contribution in [0.15, 0.2) is 4.79 Å². The number of aromatic nitrogens is 2. The van der Waals surface area contributed by atoms with Gasteiger partial charge in [-0.3, -0.25) is 9.59 Å². The first-order chi connectivity index (χ1) is 14.1. The summed E-state index contributed by atoms with van der Waals surface area (Å²) < 4.78 is 47.7. The van der Waals surface area contributed by atoms with Gasteiger partial charge in [0.25, 0.3) is 5.56 Å². The number of nitrogens with one attached hydrogen (secondary N) is 1. The fraction of sp³-hybridized carbons (Fsp3) is 0.667. The zero-order chi connectivity index (χ0) is 23.8. The maximum atomic E-state index is 13.9. The van der Waals surface area contributed by atoms with E-state index in [2.05, 4.69) is 5.10 Å². The van der Waals surface area contributed by atoms with E-state index in [1.54, 1.807) is 20.8 Å². The highest BCUT2D eigenvalue weighted by atomic mass is 35.5. The molecule has 0 radical (unpaired) electrons. The predicted molar refractivity (Wildman–Crippen MR) is 103 cm³/mol. The number of halogens is 4. The van der Waals surface area contributed by atoms with E-state index in [1.807, 2.05) is 5.32 Å². The van der Waals surface area contributed by atoms with Crippen LogP contribution in [0.3, 0.4) is 0 Å². The topological polar surface area (TPSA) is 114 Å². The lowest BCUT2D eigenvalue weighted by molar-refractivity contribution is -0.194. The Labute approximate surface area is 181 Å². The first-order valence-electron chi connectivity index (χ1n) is 9.31. The summed E-state index contributed by atoms with van der Waals surface area (Å²) in [5.74, 6) is -1.11. The molecule has 2 rings (SSSR count). The van der Waals surface area contributed by atoms with E-state index in [9.17, 15) is 32.7 Å². The molecule has 2 amide bonds. The van der Waals surface area contributed by atoms with Crippen LogP contribution in [-0.2, 0) is 29.6 Å². The molecular weight excluding hydrogens is 445 g/mol. The summed E-state index contributed by atoms with van der Waals surface area (Å²) >= 11 is 5.87. The molecule has 2 N–H and O–H groups in total. The number of rotatable bonds is 4. The number of hydrogen-bond donors (Lipinski definition) is 2. The average Bonchev–Trinajstić information content (AvgIpc) is 3.03. The van der Waals surface area contributed by atoms with Crippen molar-refractivity contribution >= 4 is 23.6 Å². The first-order valence-corrected chi connectivity index (χ1v) is 9.69. The van der Waals surface area contributed by atoms with Crippen LogP contribution in [0.25, 0.3) is 0 Å². The molecule has 0 bridgehead atoms. The van der Waals surface area contributed by atoms with Crippen molar-refractivity contribution in [2.45, 2.75) is 57.5 Å². The standard InChI is InChI=1S/C18H24ClF3N4O5/c1-16(2,3)31-15(30)26-6-5-17(9-26,18(20,21)22)23-12(28)7-10-11(8-27)13(19)24-25(4)14(10)29/h27H,5-9H2,1-4H3,(H,23,28). The summed E-state index contributed by atoms with van der Waals surface area (Å²) in [6.45, 7) is 2.91. The normalized spacial score (nSPS) is 19.5. The summed E-state index contributed by atoms with van der Waals surface area (Å²) in [6, 6.07) is 0. The second-order valence-electron chi connectivity index (χ2n) is 8.29. The molecule has 9 nitrogen and oxygen atoms in total. The van der Waals surface area contributed by atoms with Gasteiger partial charge in [-0.05, 0) is 27.2 Å². The van der Waals surface area contributed by atoms with Gasteiger partial charge in [0, 0.05) is 24.7 Å². The van der Waals surface area contributed by atoms with Gasteiger partial charge in [-0.1, -0.05) is 11.6 Å². The fourth-order valence-corrected chi connectivity index (χ4v) is 3.48. The van der Waals surface area contributed by atoms with Crippen LogP contribution >= 0.6 is 11.6 Å². The van der Waals surface area contributed by atoms with Gasteiger partial charge >= 0.3 is 12.3 Å². The molecule has 0 spiro atoms. The molecule has 0 aliphatic carbocycles. The highest BCUT2D eigenvalue weighted by molar-refractivity contribution is 6.30. The molecular formula is C18H24ClF3N4O5. The van der Waals surface area contributed by atoms with Crippen molar-refractivity contribution < 1.29 is 32.6 Å². The van der Waals surface area contributed by atoms with Gasteiger partial charge in [0.05, 0.1) is 19.6 Å². The van der Waals surface area contributed by atoms with Crippen LogP contribution in [0.1, 0.15) is 38.3 Å². The zero-order valence-electron chi connectivity index (χ0n) is 17.5. The van der Waals surface area contributed by atoms with Gasteiger partial charge in [-0.15, -0.1) is 0 Å². The predicted octanol–water partition coefficient (Wildman–Crippen LogP) is 1.53. The van der Waals surface area contributed by atoms with Crippen molar-refractivity contribution in [3.8, 4) is 0 Å². The second-order valence-corrected chi connectivity index (χ2v) is 8.65. The van der Waals surface area contributed by atoms with Crippen LogP contribution < -0.4 is 10.9 Å². The number of likely N-dealkylation sites (tertiary alicyclic amines) is 1. The van der Waals surface area contributed by atoms with Crippen molar-refractivity contribution in [2.75, 3.05) is 13.1 Å². The molecule has 0 saturated carbocycles. The molecule has 1 aromatic heterocycles. The molecule has 1 aliphatic rings. The minimum atomic E-state index is -4.87. The Bertz CT molecular complexity index is 928. The van der Waals surface area contributed by atoms with E-state index in [0.717, 1.165) is 9.58 Å². The largest absolute Gasteiger partial charge is 0.444 e. The Hall–Kier alpha value is -2.34. The number of ether oxygens (including phenoxy) is 1. The monoisotopic (exact) mass is 468 g/mol. The van der Waals surface area contributed by atoms with E-state index in [0.29, 0.717) is 0 Å². The van der Waals surface area contributed by atoms with Crippen LogP contribution in [0.5, 0.6) is 0 Å². The van der Waals surface area contributed by atoms with E-state index in [4.69, 9.17) is 16.3 Å². The lowest BCUT2D eigenvalue weighted by Crippen LogP contribution is -2.61. The summed E-state index contributed by atoms with van der Waals surface area (Å²) in [7, 11) is 1.25. The number of hydrogen-bond acceptors (Lipinski definition) is 6. The molecule has 1 saturated heterocycles. The molecule has 174 valence electrons. The highest BCUT2D eigenvalue weighted by Crippen LogP contribution is 2.38. The van der Waals surface area contributed by atoms with Gasteiger partial charge in [-0.2, -0.15) is 18.3 Å². The summed E-state index contributed by atoms with van der Waals surface area (Å²) in [5.41, 5.74) is -4.77. The Morgan fingerprint density at radius 3 is 2.42 bits per heavy atom. The molecule has 1 aliphatic heterocycles. The smallest absolute Gasteiger partial charge is 0.413 e. The number of carbonyl (C=O) groups excluding carboxylic acids is 2. The van der Waals surface area contributed by atoms with Crippen LogP contribution in [0.4, 0.5) is 18.0 Å². The Morgan fingerprint density at radius 1 is 1.29 bits per heavy atom. The maximum absolute atomic E-state index is 13.9. The molecule has 1 atom stereocenters. The zero-order valence-corrected chi connectivity index (χ0v) is 18.2. The number of aliphatic hydroxyl groups is 1. The van der Waals surface area contributed by atoms with Crippen LogP contribution in [-0.4, -0.2) is 62.2 Å². The van der Waals surface area contributed by atoms with Gasteiger partial charge in [-0.25, -0.2) is 9.48 Å². The van der Waals surface area contributed by atoms with Crippen molar-refractivity contribution in [3.63, 3.8) is 0 Å². The molecule has 2 heterocycles. The third-order valence-electron chi connectivity index (χ3n) is 4.74. The number of aliphatic hydroxyl groups excluding tert-OH is 1. The minimum Gasteiger partial charge on any atom is -0.444 e. The van der Waals surface area contributed by atoms with Gasteiger partial charge in [0.15, 0.2) is 10.7 Å². The Kier molecular flexibility index (Phi) is 6.96. The van der Waals surface area contributed by atoms with Crippen molar-refractivity contribution in [1.29, 1.82) is 0 Å². The summed E-state index contributed by atoms with van der Waals surface area (Å²) in [4.78, 5) is 37.9. The lowest BCUT2D eigenvalue weighted by Gasteiger charge is -2.33. The summed E-state index contributed by atoms with van der Waals surface area (Å²) in [5, 5.41) is 14.8. The number of carbonyl (C=O) groups is 2. The number of nitrogens with zero attached hydrogens (tertiary/aromatic N) is 3. The molecule has 1 unspecified atom stereocenters. The van der Waals surface area contributed by atoms with Crippen LogP contribution in [0.2, 0.25) is 5.15 Å². The second kappa shape index (κ2) is 8.65. The number of alkyl halides is 3. The number of amides is 2. The molecule has 1 aromatic rings. The fourth-order valence-electron chi connectivity index (χ4n) is 3.20. The van der Waals surface area contributed by atoms with Crippen molar-refractivity contribution in [1.82, 2.24) is 20.0 Å². The van der Waals surface area contributed by atoms with Gasteiger partial charge in [0.2, 0.25) is 5.91 Å². The number of aryl methyl sites for hydroxylation is 1. The summed E-state index contributed by atoms with van der Waals surface area (Å²) in [6.07, 6.45) is -7.14. The maximum Gasteiger partial charge on any atom is 0.413 e. The third kappa shape index (κ3) is 5.48. The molecule has 1 fully saturated rings. The van der Waals surface area contributed by atoms with E-state index in [-0.39, 0.29) is 22.8 Å². The molecule has 31 heavy (non-hydrogen) atoms. The lowest BCUT2D eigenvalue weighted by atomic mass is 9.96. The van der Waals surface area contributed by atoms with Crippen molar-refractivity contribution in [2.24, 2.45) is 7.05 Å². The quantitative estimate of drug-likeness (QED) is 0.692. The third-order valence-corrected chi connectivity index (χ3v) is 5.04. The highest BCUT2D eigenvalue weighted by Gasteiger charge is 2.60. The van der Waals surface area contributed by atoms with E-state index >= 15 is 0 Å².